The molecule has 96 valence electrons. The zero-order valence-corrected chi connectivity index (χ0v) is 12.5. The van der Waals surface area contributed by atoms with Gasteiger partial charge in [0.15, 0.2) is 0 Å². The van der Waals surface area contributed by atoms with E-state index in [1.54, 1.807) is 0 Å². The van der Waals surface area contributed by atoms with E-state index >= 15 is 0 Å². The van der Waals surface area contributed by atoms with Crippen molar-refractivity contribution >= 4 is 23.1 Å². The Morgan fingerprint density at radius 3 is 2.76 bits per heavy atom. The van der Waals surface area contributed by atoms with Crippen molar-refractivity contribution in [1.29, 1.82) is 0 Å². The summed E-state index contributed by atoms with van der Waals surface area (Å²) in [5.74, 6) is 2.46. The van der Waals surface area contributed by atoms with E-state index in [0.717, 1.165) is 6.54 Å². The molecule has 2 heterocycles. The standard InChI is InChI=1S/C13H22N2S2/c1-9-8-16-7-6-15(9)13(11(3)14)12-5-4-10(2)17-12/h4-5,9,11,13H,6-8,14H2,1-3H3. The molecule has 17 heavy (non-hydrogen) atoms. The number of thioether (sulfide) groups is 1. The normalized spacial score (nSPS) is 25.8. The molecule has 1 aliphatic rings. The van der Waals surface area contributed by atoms with Crippen LogP contribution in [0, 0.1) is 6.92 Å². The molecule has 1 aromatic rings. The molecule has 1 saturated heterocycles. The van der Waals surface area contributed by atoms with Gasteiger partial charge in [0.05, 0.1) is 6.04 Å². The van der Waals surface area contributed by atoms with Crippen LogP contribution in [0.5, 0.6) is 0 Å². The van der Waals surface area contributed by atoms with Crippen molar-refractivity contribution in [2.75, 3.05) is 18.1 Å². The number of rotatable bonds is 3. The highest BCUT2D eigenvalue weighted by atomic mass is 32.2. The quantitative estimate of drug-likeness (QED) is 0.916. The summed E-state index contributed by atoms with van der Waals surface area (Å²) in [6.07, 6.45) is 0. The lowest BCUT2D eigenvalue weighted by Crippen LogP contribution is -2.48. The zero-order valence-electron chi connectivity index (χ0n) is 10.8. The van der Waals surface area contributed by atoms with Crippen LogP contribution < -0.4 is 5.73 Å². The molecular formula is C13H22N2S2. The van der Waals surface area contributed by atoms with Crippen LogP contribution >= 0.6 is 23.1 Å². The number of thiophene rings is 1. The van der Waals surface area contributed by atoms with E-state index < -0.39 is 0 Å². The molecule has 0 aliphatic carbocycles. The third-order valence-corrected chi connectivity index (χ3v) is 5.59. The Kier molecular flexibility index (Phi) is 4.53. The van der Waals surface area contributed by atoms with E-state index in [9.17, 15) is 0 Å². The average Bonchev–Trinajstić information content (AvgIpc) is 2.68. The minimum Gasteiger partial charge on any atom is -0.326 e. The number of hydrogen-bond acceptors (Lipinski definition) is 4. The fourth-order valence-electron chi connectivity index (χ4n) is 2.49. The van der Waals surface area contributed by atoms with Gasteiger partial charge < -0.3 is 5.73 Å². The molecule has 2 rings (SSSR count). The maximum Gasteiger partial charge on any atom is 0.0593 e. The van der Waals surface area contributed by atoms with Crippen LogP contribution in [-0.2, 0) is 0 Å². The fourth-order valence-corrected chi connectivity index (χ4v) is 4.64. The van der Waals surface area contributed by atoms with Crippen molar-refractivity contribution in [1.82, 2.24) is 4.90 Å². The van der Waals surface area contributed by atoms with Gasteiger partial charge in [0, 0.05) is 39.9 Å². The van der Waals surface area contributed by atoms with E-state index in [0.29, 0.717) is 12.1 Å². The number of hydrogen-bond donors (Lipinski definition) is 1. The predicted octanol–water partition coefficient (Wildman–Crippen LogP) is 2.88. The van der Waals surface area contributed by atoms with Gasteiger partial charge >= 0.3 is 0 Å². The highest BCUT2D eigenvalue weighted by Gasteiger charge is 2.30. The first-order chi connectivity index (χ1) is 8.09. The van der Waals surface area contributed by atoms with Gasteiger partial charge in [-0.3, -0.25) is 4.90 Å². The first-order valence-electron chi connectivity index (χ1n) is 6.25. The molecule has 1 aliphatic heterocycles. The van der Waals surface area contributed by atoms with Gasteiger partial charge in [-0.25, -0.2) is 0 Å². The summed E-state index contributed by atoms with van der Waals surface area (Å²) >= 11 is 3.95. The number of nitrogens with two attached hydrogens (primary N) is 1. The molecule has 1 aromatic heterocycles. The van der Waals surface area contributed by atoms with Gasteiger partial charge in [-0.05, 0) is 32.9 Å². The molecule has 4 heteroatoms. The lowest BCUT2D eigenvalue weighted by Gasteiger charge is -2.40. The summed E-state index contributed by atoms with van der Waals surface area (Å²) < 4.78 is 0. The third-order valence-electron chi connectivity index (χ3n) is 3.33. The monoisotopic (exact) mass is 270 g/mol. The third kappa shape index (κ3) is 3.05. The molecule has 0 bridgehead atoms. The molecule has 0 saturated carbocycles. The summed E-state index contributed by atoms with van der Waals surface area (Å²) in [6.45, 7) is 7.78. The maximum absolute atomic E-state index is 6.23. The highest BCUT2D eigenvalue weighted by Crippen LogP contribution is 2.33. The summed E-state index contributed by atoms with van der Waals surface area (Å²) in [5, 5.41) is 0. The second-order valence-corrected chi connectivity index (χ2v) is 7.38. The minimum atomic E-state index is 0.193. The molecular weight excluding hydrogens is 248 g/mol. The number of aryl methyl sites for hydroxylation is 1. The fraction of sp³-hybridized carbons (Fsp3) is 0.692. The Labute approximate surface area is 113 Å². The highest BCUT2D eigenvalue weighted by molar-refractivity contribution is 7.99. The van der Waals surface area contributed by atoms with Crippen LogP contribution in [0.1, 0.15) is 29.6 Å². The van der Waals surface area contributed by atoms with Crippen molar-refractivity contribution in [3.8, 4) is 0 Å². The first-order valence-corrected chi connectivity index (χ1v) is 8.22. The van der Waals surface area contributed by atoms with Crippen LogP contribution in [0.2, 0.25) is 0 Å². The Morgan fingerprint density at radius 2 is 2.24 bits per heavy atom. The molecule has 3 unspecified atom stereocenters. The Balaban J connectivity index is 2.22. The van der Waals surface area contributed by atoms with E-state index in [-0.39, 0.29) is 6.04 Å². The lowest BCUT2D eigenvalue weighted by atomic mass is 10.1. The van der Waals surface area contributed by atoms with Crippen LogP contribution in [0.4, 0.5) is 0 Å². The van der Waals surface area contributed by atoms with Gasteiger partial charge in [0.1, 0.15) is 0 Å². The summed E-state index contributed by atoms with van der Waals surface area (Å²) in [4.78, 5) is 5.40. The maximum atomic E-state index is 6.23. The molecule has 0 amide bonds. The SMILES string of the molecule is Cc1ccc(C(C(C)N)N2CCSCC2C)s1. The van der Waals surface area contributed by atoms with Crippen molar-refractivity contribution in [2.45, 2.75) is 38.9 Å². The summed E-state index contributed by atoms with van der Waals surface area (Å²) in [7, 11) is 0. The molecule has 3 atom stereocenters. The van der Waals surface area contributed by atoms with Gasteiger partial charge in [-0.2, -0.15) is 11.8 Å². The molecule has 0 spiro atoms. The zero-order chi connectivity index (χ0) is 12.4. The molecule has 0 aromatic carbocycles. The smallest absolute Gasteiger partial charge is 0.0593 e. The van der Waals surface area contributed by atoms with E-state index in [4.69, 9.17) is 5.73 Å². The van der Waals surface area contributed by atoms with Crippen LogP contribution in [0.3, 0.4) is 0 Å². The molecule has 0 radical (unpaired) electrons. The van der Waals surface area contributed by atoms with Crippen molar-refractivity contribution in [3.05, 3.63) is 21.9 Å². The largest absolute Gasteiger partial charge is 0.326 e. The van der Waals surface area contributed by atoms with Crippen LogP contribution in [0.25, 0.3) is 0 Å². The van der Waals surface area contributed by atoms with Crippen molar-refractivity contribution in [3.63, 3.8) is 0 Å². The van der Waals surface area contributed by atoms with Gasteiger partial charge in [-0.1, -0.05) is 0 Å². The first kappa shape index (κ1) is 13.4. The summed E-state index contributed by atoms with van der Waals surface area (Å²) in [6, 6.07) is 5.68. The Bertz CT molecular complexity index is 362. The van der Waals surface area contributed by atoms with E-state index in [2.05, 4.69) is 49.6 Å². The molecule has 2 nitrogen and oxygen atoms in total. The minimum absolute atomic E-state index is 0.193. The second kappa shape index (κ2) is 5.74. The predicted molar refractivity (Wildman–Crippen MR) is 78.9 cm³/mol. The van der Waals surface area contributed by atoms with Crippen LogP contribution in [-0.4, -0.2) is 35.0 Å². The summed E-state index contributed by atoms with van der Waals surface area (Å²) in [5.41, 5.74) is 6.23. The van der Waals surface area contributed by atoms with Crippen LogP contribution in [0.15, 0.2) is 12.1 Å². The van der Waals surface area contributed by atoms with Gasteiger partial charge in [0.25, 0.3) is 0 Å². The Hall–Kier alpha value is -0.0300. The lowest BCUT2D eigenvalue weighted by molar-refractivity contribution is 0.146. The van der Waals surface area contributed by atoms with Gasteiger partial charge in [-0.15, -0.1) is 11.3 Å². The van der Waals surface area contributed by atoms with Crippen molar-refractivity contribution in [2.24, 2.45) is 5.73 Å². The average molecular weight is 270 g/mol. The number of nitrogens with zero attached hydrogens (tertiary/aromatic N) is 1. The van der Waals surface area contributed by atoms with Gasteiger partial charge in [0.2, 0.25) is 0 Å². The van der Waals surface area contributed by atoms with Crippen molar-refractivity contribution < 1.29 is 0 Å². The van der Waals surface area contributed by atoms with E-state index in [1.165, 1.54) is 21.3 Å². The Morgan fingerprint density at radius 1 is 1.47 bits per heavy atom. The molecule has 1 fully saturated rings. The molecule has 2 N–H and O–H groups in total. The van der Waals surface area contributed by atoms with E-state index in [1.807, 2.05) is 11.3 Å². The topological polar surface area (TPSA) is 29.3 Å². The second-order valence-electron chi connectivity index (χ2n) is 4.91.